The number of nitrogens with zero attached hydrogens (tertiary/aromatic N) is 8. The molecule has 0 bridgehead atoms. The topological polar surface area (TPSA) is 173 Å². The smallest absolute Gasteiger partial charge is 0.300 e. The molecule has 120 heavy (non-hydrogen) atoms. The van der Waals surface area contributed by atoms with Gasteiger partial charge in [0.15, 0.2) is 75.8 Å². The highest BCUT2D eigenvalue weighted by molar-refractivity contribution is 9.09. The Morgan fingerprint density at radius 3 is 0.908 bits per heavy atom. The van der Waals surface area contributed by atoms with Crippen LogP contribution in [0.4, 0.5) is 17.1 Å². The van der Waals surface area contributed by atoms with Gasteiger partial charge in [0, 0.05) is 158 Å². The lowest BCUT2D eigenvalue weighted by molar-refractivity contribution is -0.692. The minimum Gasteiger partial charge on any atom is -1.00 e. The molecule has 1 aliphatic rings. The molecule has 0 saturated heterocycles. The van der Waals surface area contributed by atoms with Gasteiger partial charge >= 0.3 is 0 Å². The summed E-state index contributed by atoms with van der Waals surface area (Å²) in [7, 11) is 11.6. The molecular weight excluding hydrogens is 2010 g/mol. The average Bonchev–Trinajstić information content (AvgIpc) is 1.04. The van der Waals surface area contributed by atoms with E-state index in [-0.39, 0.29) is 93.9 Å². The Morgan fingerprint density at radius 1 is 0.433 bits per heavy atom. The Kier molecular flexibility index (Phi) is 77.8. The van der Waals surface area contributed by atoms with E-state index in [4.69, 9.17) is 20.1 Å². The van der Waals surface area contributed by atoms with Gasteiger partial charge in [0.25, 0.3) is 5.97 Å². The summed E-state index contributed by atoms with van der Waals surface area (Å²) in [6.07, 6.45) is 37.2. The number of anilines is 3. The molecule has 0 spiro atoms. The number of aliphatic hydroxyl groups is 4. The van der Waals surface area contributed by atoms with Crippen molar-refractivity contribution < 1.29 is 121 Å². The average molecular weight is 2150 g/mol. The molecule has 0 radical (unpaired) electrons. The number of halogens is 6. The van der Waals surface area contributed by atoms with Gasteiger partial charge in [-0.05, 0) is 210 Å². The van der Waals surface area contributed by atoms with E-state index < -0.39 is 5.97 Å². The van der Waals surface area contributed by atoms with Gasteiger partial charge < -0.3 is 108 Å². The summed E-state index contributed by atoms with van der Waals surface area (Å²) in [4.78, 5) is 30.0. The van der Waals surface area contributed by atoms with Crippen LogP contribution in [0.2, 0.25) is 0 Å². The predicted octanol–water partition coefficient (Wildman–Crippen LogP) is 8.06. The molecule has 5 heterocycles. The number of pyridine rings is 5. The van der Waals surface area contributed by atoms with Crippen LogP contribution in [0.15, 0.2) is 177 Å². The number of carbonyl (C=O) groups excluding carboxylic acids is 1. The summed E-state index contributed by atoms with van der Waals surface area (Å²) in [6, 6.07) is 40.6. The standard InChI is InChI=1S/C42H56N4O2S2.C18H26N2S2.C12H17NO2.C7H9N.C5H10.C4H8Br2S2.C3H8O.C2H4O2.4BrH/c1-7-45(21-25-47)41-11-9-39(35(5)31-41)29-33(3)37-13-17-43(18-14-37)23-27-49-50-28-24-44-19-15-38(16-20-44)34(4)30-40-10-12-42(32-36(40)6)46(8-2)22-26-48;1-3-17-5-9-19(10-6-17)13-15-21-22-16-14-20-11-7-18(4-2)8-12-20;1-3-13(6-7-14)12-5-4-11(9-15)10(2)8-12;1-2-7-3-5-8-6-4-7;1-2-4-5-3-1;5-1-3-7-8-4-2-6;1-3(2)4;1-2(3)4;;;;/h9-20,29-32,47-48H,7-8,21-28H2,1-6H3;5-12H,3-4,13-16H2,1-2H3;4-5,8-9,14H,3,6-7H2,1-2H3;3-6H,2H2,1H3;1-5H2;1-4H2;3-4H,1-2H3;1H3,(H,3,4);4*1H/q2*+2;;;;;;;;;;/p-4. The molecule has 0 unspecified atom stereocenters. The molecule has 3 aromatic carbocycles. The quantitative estimate of drug-likeness (QED) is 0.00823. The molecule has 0 atom stereocenters. The van der Waals surface area contributed by atoms with Crippen molar-refractivity contribution in [3.05, 3.63) is 238 Å². The fourth-order valence-electron chi connectivity index (χ4n) is 11.4. The van der Waals surface area contributed by atoms with Crippen LogP contribution in [0.25, 0.3) is 23.3 Å². The summed E-state index contributed by atoms with van der Waals surface area (Å²) >= 11 is 6.71. The maximum atomic E-state index is 10.7. The van der Waals surface area contributed by atoms with E-state index in [2.05, 4.69) is 279 Å². The number of allylic oxidation sites excluding steroid dienone is 2. The monoisotopic (exact) mass is 2140 g/mol. The van der Waals surface area contributed by atoms with Crippen molar-refractivity contribution in [3.63, 3.8) is 0 Å². The SMILES string of the molecule is BrCCSSCCBr.C1CCCC1.CC(=O)O.CC(C)O.CCN(CCO)c1ccc(/C=C(\C)c2cc[n+](CCSSCC[n+]3ccc(/C(C)=C/c4ccc(N(CC)CCO)cc4C)cc3)cc2)c(C)c1.CCN(CCO)c1ccc(C=O)c(C)c1.CCc1cc[n+](CCSSCC[n+]2ccc(CC)cc2)cc1.CCc1ccncc1.[Br-].[Br-].[Br-].[Br-]. The number of aldehydes is 1. The highest BCUT2D eigenvalue weighted by atomic mass is 79.9. The Balaban J connectivity index is -0.00000160. The first kappa shape index (κ1) is 120. The number of aliphatic carboxylic acids is 1. The minimum atomic E-state index is -0.833. The van der Waals surface area contributed by atoms with Gasteiger partial charge in [-0.25, -0.2) is 18.3 Å². The number of benzene rings is 3. The predicted molar refractivity (Wildman–Crippen MR) is 516 cm³/mol. The summed E-state index contributed by atoms with van der Waals surface area (Å²) < 4.78 is 9.07. The van der Waals surface area contributed by atoms with Gasteiger partial charge in [-0.3, -0.25) is 14.6 Å². The molecule has 5 aromatic heterocycles. The van der Waals surface area contributed by atoms with Crippen LogP contribution in [0.3, 0.4) is 0 Å². The molecule has 27 heteroatoms. The summed E-state index contributed by atoms with van der Waals surface area (Å²) in [5.41, 5.74) is 19.1. The van der Waals surface area contributed by atoms with Crippen LogP contribution >= 0.6 is 96.6 Å². The summed E-state index contributed by atoms with van der Waals surface area (Å²) in [6.45, 7) is 37.1. The highest BCUT2D eigenvalue weighted by Gasteiger charge is 2.13. The molecule has 1 aliphatic carbocycles. The van der Waals surface area contributed by atoms with Gasteiger partial charge in [0.1, 0.15) is 6.29 Å². The summed E-state index contributed by atoms with van der Waals surface area (Å²) in [5, 5.41) is 45.3. The molecule has 9 rings (SSSR count). The van der Waals surface area contributed by atoms with Gasteiger partial charge in [-0.1, -0.05) is 174 Å². The molecule has 0 amide bonds. The third kappa shape index (κ3) is 55.7. The number of aryl methyl sites for hydroxylation is 10. The van der Waals surface area contributed by atoms with Crippen LogP contribution in [0.5, 0.6) is 0 Å². The number of carboxylic acid groups (broad SMARTS) is 1. The van der Waals surface area contributed by atoms with Crippen molar-refractivity contribution in [2.75, 3.05) is 119 Å². The first-order chi connectivity index (χ1) is 56.1. The van der Waals surface area contributed by atoms with Crippen LogP contribution in [-0.2, 0) is 50.2 Å². The number of rotatable bonds is 39. The normalized spacial score (nSPS) is 11.0. The molecule has 1 saturated carbocycles. The van der Waals surface area contributed by atoms with Crippen molar-refractivity contribution in [2.45, 2.75) is 181 Å². The van der Waals surface area contributed by atoms with Crippen molar-refractivity contribution in [3.8, 4) is 0 Å². The number of likely N-dealkylation sites (N-methyl/N-ethyl adjacent to an activating group) is 3. The molecule has 8 aromatic rings. The first-order valence-corrected chi connectivity index (χ1v) is 50.6. The van der Waals surface area contributed by atoms with Gasteiger partial charge in [0.05, 0.1) is 42.8 Å². The van der Waals surface area contributed by atoms with Crippen LogP contribution in [0, 0.1) is 20.8 Å². The number of carbonyl (C=O) groups is 2. The van der Waals surface area contributed by atoms with Gasteiger partial charge in [0.2, 0.25) is 0 Å². The van der Waals surface area contributed by atoms with Gasteiger partial charge in [-0.15, -0.1) is 0 Å². The Labute approximate surface area is 805 Å². The van der Waals surface area contributed by atoms with E-state index in [9.17, 15) is 15.0 Å². The molecule has 670 valence electrons. The lowest BCUT2D eigenvalue weighted by atomic mass is 10.0. The summed E-state index contributed by atoms with van der Waals surface area (Å²) in [5.74, 6) is 6.01. The zero-order chi connectivity index (χ0) is 85.5. The molecule has 0 aliphatic heterocycles. The van der Waals surface area contributed by atoms with Crippen molar-refractivity contribution in [2.24, 2.45) is 0 Å². The third-order valence-corrected chi connectivity index (χ3v) is 27.1. The second-order valence-corrected chi connectivity index (χ2v) is 37.1. The number of hydrogen-bond donors (Lipinski definition) is 5. The number of aromatic nitrogens is 5. The second kappa shape index (κ2) is 77.6. The highest BCUT2D eigenvalue weighted by Crippen LogP contribution is 2.28. The van der Waals surface area contributed by atoms with Crippen LogP contribution in [-0.4, -0.2) is 153 Å². The Bertz CT molecular complexity index is 3730. The lowest BCUT2D eigenvalue weighted by Crippen LogP contribution is -3.00. The van der Waals surface area contributed by atoms with E-state index in [1.54, 1.807) is 13.8 Å². The molecule has 1 fully saturated rings. The lowest BCUT2D eigenvalue weighted by Gasteiger charge is -2.22. The Hall–Kier alpha value is -3.75. The van der Waals surface area contributed by atoms with E-state index in [0.29, 0.717) is 19.6 Å². The van der Waals surface area contributed by atoms with Crippen molar-refractivity contribution in [1.29, 1.82) is 0 Å². The van der Waals surface area contributed by atoms with Crippen LogP contribution < -0.4 is 101 Å². The van der Waals surface area contributed by atoms with E-state index in [1.165, 1.54) is 105 Å². The molecule has 5 N–H and O–H groups in total. The zero-order valence-electron chi connectivity index (χ0n) is 73.4. The number of carboxylic acids is 1. The molecule has 15 nitrogen and oxygen atoms in total. The van der Waals surface area contributed by atoms with Crippen molar-refractivity contribution in [1.82, 2.24) is 4.98 Å². The third-order valence-electron chi connectivity index (χ3n) is 18.1. The maximum absolute atomic E-state index is 10.7. The fraction of sp³-hybridized carbons (Fsp3) is 0.473. The minimum absolute atomic E-state index is 0. The Morgan fingerprint density at radius 2 is 0.683 bits per heavy atom. The second-order valence-electron chi connectivity index (χ2n) is 27.4. The zero-order valence-corrected chi connectivity index (χ0v) is 87.8. The van der Waals surface area contributed by atoms with E-state index >= 15 is 0 Å². The van der Waals surface area contributed by atoms with Gasteiger partial charge in [-0.2, -0.15) is 0 Å². The largest absolute Gasteiger partial charge is 1.00 e. The van der Waals surface area contributed by atoms with Crippen molar-refractivity contribution >= 4 is 149 Å². The van der Waals surface area contributed by atoms with E-state index in [0.717, 1.165) is 140 Å². The number of alkyl halides is 2. The number of hydrogen-bond acceptors (Lipinski definition) is 16. The maximum Gasteiger partial charge on any atom is 0.300 e. The van der Waals surface area contributed by atoms with E-state index in [1.807, 2.05) is 121 Å². The fourth-order valence-corrected chi connectivity index (χ4v) is 19.2. The first-order valence-electron chi connectivity index (χ1n) is 40.9. The van der Waals surface area contributed by atoms with Crippen LogP contribution in [0.1, 0.15) is 174 Å². The molecular formula is C93H138Br6N8O7S6. The number of aliphatic hydroxyl groups excluding tert-OH is 4.